The van der Waals surface area contributed by atoms with Crippen LogP contribution in [-0.4, -0.2) is 0 Å². The van der Waals surface area contributed by atoms with Gasteiger partial charge in [0.25, 0.3) is 0 Å². The lowest BCUT2D eigenvalue weighted by Crippen LogP contribution is -2.11. The molecule has 0 N–H and O–H groups in total. The molecule has 3 rings (SSSR count). The average molecular weight is 358 g/mol. The Balaban J connectivity index is 2.23. The summed E-state index contributed by atoms with van der Waals surface area (Å²) >= 11 is 0. The maximum atomic E-state index is 2.48. The summed E-state index contributed by atoms with van der Waals surface area (Å²) in [6.07, 6.45) is 0. The lowest BCUT2D eigenvalue weighted by molar-refractivity contribution is 0.780. The van der Waals surface area contributed by atoms with E-state index in [-0.39, 0.29) is 0 Å². The van der Waals surface area contributed by atoms with Crippen LogP contribution < -0.4 is 0 Å². The molecule has 0 spiro atoms. The summed E-state index contributed by atoms with van der Waals surface area (Å²) in [6.45, 7) is 14.0. The molecule has 1 unspecified atom stereocenters. The minimum atomic E-state index is 0.516. The van der Waals surface area contributed by atoms with Crippen LogP contribution in [0.15, 0.2) is 41.3 Å². The molecule has 1 aliphatic rings. The predicted molar refractivity (Wildman–Crippen MR) is 112 cm³/mol. The van der Waals surface area contributed by atoms with E-state index in [2.05, 4.69) is 77.9 Å². The van der Waals surface area contributed by atoms with E-state index in [0.717, 1.165) is 0 Å². The molecule has 2 heteroatoms. The van der Waals surface area contributed by atoms with Gasteiger partial charge in [-0.25, -0.2) is 0 Å². The number of fused-ring (bicyclic) bond motifs is 1. The van der Waals surface area contributed by atoms with E-state index in [1.807, 2.05) is 10.8 Å². The number of thiol groups is 1. The Labute approximate surface area is 155 Å². The van der Waals surface area contributed by atoms with Gasteiger partial charge in [0.05, 0.1) is 15.7 Å². The van der Waals surface area contributed by atoms with Gasteiger partial charge < -0.3 is 0 Å². The van der Waals surface area contributed by atoms with Crippen molar-refractivity contribution in [3.63, 3.8) is 0 Å². The van der Waals surface area contributed by atoms with Gasteiger partial charge in [-0.1, -0.05) is 71.9 Å². The Morgan fingerprint density at radius 3 is 1.96 bits per heavy atom. The van der Waals surface area contributed by atoms with Crippen molar-refractivity contribution in [2.24, 2.45) is 0 Å². The van der Waals surface area contributed by atoms with Crippen LogP contribution in [0.5, 0.6) is 0 Å². The van der Waals surface area contributed by atoms with E-state index in [9.17, 15) is 0 Å². The summed E-state index contributed by atoms with van der Waals surface area (Å²) in [5.41, 5.74) is 7.72. The molecule has 0 nitrogen and oxygen atoms in total. The van der Waals surface area contributed by atoms with E-state index < -0.39 is 0 Å². The molecule has 0 fully saturated rings. The Morgan fingerprint density at radius 2 is 1.42 bits per heavy atom. The van der Waals surface area contributed by atoms with Crippen molar-refractivity contribution in [2.75, 3.05) is 0 Å². The van der Waals surface area contributed by atoms with Crippen molar-refractivity contribution < 1.29 is 0 Å². The highest BCUT2D eigenvalue weighted by Gasteiger charge is 2.37. The highest BCUT2D eigenvalue weighted by atomic mass is 33.1. The smallest absolute Gasteiger partial charge is 0.0617 e. The summed E-state index contributed by atoms with van der Waals surface area (Å²) in [7, 11) is 3.45. The van der Waals surface area contributed by atoms with Crippen molar-refractivity contribution >= 4 is 21.6 Å². The fraction of sp³-hybridized carbons (Fsp3) is 0.455. The van der Waals surface area contributed by atoms with Crippen LogP contribution in [0.2, 0.25) is 0 Å². The molecular formula is C22H29S2+. The lowest BCUT2D eigenvalue weighted by atomic mass is 9.82. The molecule has 0 aromatic heterocycles. The first-order chi connectivity index (χ1) is 11.4. The maximum Gasteiger partial charge on any atom is 0.180 e. The van der Waals surface area contributed by atoms with Gasteiger partial charge in [0, 0.05) is 11.1 Å². The quantitative estimate of drug-likeness (QED) is 0.323. The molecular weight excluding hydrogens is 328 g/mol. The van der Waals surface area contributed by atoms with Crippen LogP contribution >= 0.6 is 10.8 Å². The second-order valence-electron chi connectivity index (χ2n) is 7.71. The SMILES string of the molecule is CC(C)c1cc(C(C)C)c(C2[SH+]Sc3ccccc32)c(C(C)C)c1. The van der Waals surface area contributed by atoms with E-state index in [1.165, 1.54) is 26.8 Å². The van der Waals surface area contributed by atoms with Gasteiger partial charge >= 0.3 is 0 Å². The molecule has 1 atom stereocenters. The van der Waals surface area contributed by atoms with Crippen LogP contribution in [0.25, 0.3) is 0 Å². The van der Waals surface area contributed by atoms with Crippen molar-refractivity contribution in [2.45, 2.75) is 69.4 Å². The van der Waals surface area contributed by atoms with Crippen molar-refractivity contribution in [1.29, 1.82) is 0 Å². The van der Waals surface area contributed by atoms with Crippen LogP contribution in [-0.2, 0) is 10.8 Å². The standard InChI is InChI=1S/C22H28S2/c1-13(2)16-11-18(14(3)4)21(19(12-16)15(5)6)22-17-9-7-8-10-20(17)23-24-22/h7-15,22H,1-6H3/p+1. The van der Waals surface area contributed by atoms with Gasteiger partial charge in [-0.2, -0.15) is 0 Å². The van der Waals surface area contributed by atoms with E-state index >= 15 is 0 Å². The van der Waals surface area contributed by atoms with Crippen LogP contribution in [0.3, 0.4) is 0 Å². The van der Waals surface area contributed by atoms with Gasteiger partial charge in [-0.05, 0) is 40.5 Å². The van der Waals surface area contributed by atoms with Crippen molar-refractivity contribution in [3.05, 3.63) is 64.2 Å². The van der Waals surface area contributed by atoms with E-state index in [1.54, 1.807) is 16.7 Å². The molecule has 0 aliphatic carbocycles. The van der Waals surface area contributed by atoms with Crippen molar-refractivity contribution in [1.82, 2.24) is 0 Å². The molecule has 0 amide bonds. The maximum absolute atomic E-state index is 2.48. The van der Waals surface area contributed by atoms with Crippen LogP contribution in [0, 0.1) is 0 Å². The highest BCUT2D eigenvalue weighted by Crippen LogP contribution is 2.49. The third-order valence-corrected chi connectivity index (χ3v) is 7.88. The molecule has 2 aromatic rings. The second-order valence-corrected chi connectivity index (χ2v) is 10.2. The third-order valence-electron chi connectivity index (χ3n) is 4.92. The Morgan fingerprint density at radius 1 is 0.833 bits per heavy atom. The summed E-state index contributed by atoms with van der Waals surface area (Å²) in [4.78, 5) is 1.46. The molecule has 0 saturated heterocycles. The molecule has 0 saturated carbocycles. The zero-order valence-corrected chi connectivity index (χ0v) is 17.3. The van der Waals surface area contributed by atoms with Gasteiger partial charge in [0.1, 0.15) is 10.8 Å². The number of benzene rings is 2. The second kappa shape index (κ2) is 7.17. The Bertz CT molecular complexity index is 699. The Hall–Kier alpha value is -0.860. The zero-order chi connectivity index (χ0) is 17.4. The zero-order valence-electron chi connectivity index (χ0n) is 15.6. The Kier molecular flexibility index (Phi) is 5.36. The van der Waals surface area contributed by atoms with Gasteiger partial charge in [0.15, 0.2) is 5.25 Å². The number of hydrogen-bond donors (Lipinski definition) is 0. The van der Waals surface area contributed by atoms with Gasteiger partial charge in [0.2, 0.25) is 0 Å². The molecule has 1 heterocycles. The fourth-order valence-electron chi connectivity index (χ4n) is 3.49. The first-order valence-electron chi connectivity index (χ1n) is 9.03. The summed E-state index contributed by atoms with van der Waals surface area (Å²) < 4.78 is 0. The minimum absolute atomic E-state index is 0.516. The number of hydrogen-bond acceptors (Lipinski definition) is 1. The van der Waals surface area contributed by atoms with Crippen molar-refractivity contribution in [3.8, 4) is 0 Å². The monoisotopic (exact) mass is 357 g/mol. The third kappa shape index (κ3) is 3.28. The van der Waals surface area contributed by atoms with Crippen LogP contribution in [0.4, 0.5) is 0 Å². The molecule has 1 aliphatic heterocycles. The highest BCUT2D eigenvalue weighted by molar-refractivity contribution is 8.67. The van der Waals surface area contributed by atoms with E-state index in [0.29, 0.717) is 23.0 Å². The van der Waals surface area contributed by atoms with Gasteiger partial charge in [-0.3, -0.25) is 0 Å². The molecule has 2 aromatic carbocycles. The summed E-state index contributed by atoms with van der Waals surface area (Å²) in [5, 5.41) is 0.516. The molecule has 0 bridgehead atoms. The lowest BCUT2D eigenvalue weighted by Gasteiger charge is -2.24. The topological polar surface area (TPSA) is 0 Å². The van der Waals surface area contributed by atoms with E-state index in [4.69, 9.17) is 0 Å². The first-order valence-corrected chi connectivity index (χ1v) is 11.4. The molecule has 24 heavy (non-hydrogen) atoms. The first kappa shape index (κ1) is 17.9. The summed E-state index contributed by atoms with van der Waals surface area (Å²) in [5.74, 6) is 1.70. The summed E-state index contributed by atoms with van der Waals surface area (Å²) in [6, 6.07) is 13.9. The predicted octanol–water partition coefficient (Wildman–Crippen LogP) is 6.98. The minimum Gasteiger partial charge on any atom is -0.0617 e. The largest absolute Gasteiger partial charge is 0.180 e. The fourth-order valence-corrected chi connectivity index (χ4v) is 6.78. The molecule has 128 valence electrons. The normalized spacial score (nSPS) is 17.1. The number of rotatable bonds is 4. The molecule has 0 radical (unpaired) electrons. The average Bonchev–Trinajstić information content (AvgIpc) is 2.97. The van der Waals surface area contributed by atoms with Crippen LogP contribution in [0.1, 0.15) is 92.4 Å². The van der Waals surface area contributed by atoms with Gasteiger partial charge in [-0.15, -0.1) is 0 Å².